The summed E-state index contributed by atoms with van der Waals surface area (Å²) in [6.45, 7) is 7.12. The fraction of sp³-hybridized carbons (Fsp3) is 0.385. The van der Waals surface area contributed by atoms with Crippen molar-refractivity contribution in [1.29, 1.82) is 0 Å². The molecule has 1 aliphatic heterocycles. The number of rotatable bonds is 7. The first-order valence-electron chi connectivity index (χ1n) is 11.9. The van der Waals surface area contributed by atoms with Crippen LogP contribution < -0.4 is 11.1 Å². The van der Waals surface area contributed by atoms with Gasteiger partial charge in [0.2, 0.25) is 5.91 Å². The van der Waals surface area contributed by atoms with E-state index in [9.17, 15) is 9.59 Å². The lowest BCUT2D eigenvalue weighted by molar-refractivity contribution is -0.136. The van der Waals surface area contributed by atoms with Crippen LogP contribution in [-0.2, 0) is 11.3 Å². The topological polar surface area (TPSA) is 104 Å². The van der Waals surface area contributed by atoms with Crippen molar-refractivity contribution >= 4 is 40.1 Å². The lowest BCUT2D eigenvalue weighted by Gasteiger charge is -2.37. The minimum Gasteiger partial charge on any atom is -0.383 e. The second kappa shape index (κ2) is 11.0. The van der Waals surface area contributed by atoms with Crippen molar-refractivity contribution in [2.24, 2.45) is 5.92 Å². The zero-order valence-electron chi connectivity index (χ0n) is 20.1. The molecule has 184 valence electrons. The molecule has 2 heterocycles. The molecule has 1 aromatic heterocycles. The van der Waals surface area contributed by atoms with Gasteiger partial charge in [-0.05, 0) is 42.3 Å². The van der Waals surface area contributed by atoms with Crippen LogP contribution in [-0.4, -0.2) is 63.8 Å². The number of piperazine rings is 1. The number of nitrogens with one attached hydrogen (secondary N) is 1. The summed E-state index contributed by atoms with van der Waals surface area (Å²) >= 11 is 5.93. The Bertz CT molecular complexity index is 1190. The molecule has 4 rings (SSSR count). The number of halogens is 1. The highest BCUT2D eigenvalue weighted by molar-refractivity contribution is 6.30. The summed E-state index contributed by atoms with van der Waals surface area (Å²) in [5.74, 6) is 0.837. The average molecular weight is 495 g/mol. The molecule has 1 aliphatic rings. The van der Waals surface area contributed by atoms with Gasteiger partial charge in [0.25, 0.3) is 5.91 Å². The average Bonchev–Trinajstić information content (AvgIpc) is 2.87. The third kappa shape index (κ3) is 5.89. The Labute approximate surface area is 210 Å². The second-order valence-corrected chi connectivity index (χ2v) is 9.42. The Morgan fingerprint density at radius 1 is 1.06 bits per heavy atom. The van der Waals surface area contributed by atoms with E-state index in [2.05, 4.69) is 20.2 Å². The monoisotopic (exact) mass is 494 g/mol. The molecule has 0 aliphatic carbocycles. The minimum absolute atomic E-state index is 0.00533. The maximum Gasteiger partial charge on any atom is 0.251 e. The van der Waals surface area contributed by atoms with E-state index in [1.807, 2.05) is 43.0 Å². The van der Waals surface area contributed by atoms with Crippen molar-refractivity contribution in [2.75, 3.05) is 31.9 Å². The first-order chi connectivity index (χ1) is 16.9. The van der Waals surface area contributed by atoms with Gasteiger partial charge in [-0.1, -0.05) is 44.0 Å². The number of hydrogen-bond acceptors (Lipinski definition) is 6. The standard InChI is InChI=1S/C26H31ClN6O2/c1-3-17(2)23(31-25(34)18-8-10-19(27)11-9-18)26(35)33-14-12-32(13-15-33)16-22-29-21-7-5-4-6-20(21)24(28)30-22/h4-11,17,23H,3,12-16H2,1-2H3,(H,31,34)(H2,28,29,30)/t17-,23-/m1/s1. The number of aromatic nitrogens is 2. The fourth-order valence-electron chi connectivity index (χ4n) is 4.25. The normalized spacial score (nSPS) is 16.1. The summed E-state index contributed by atoms with van der Waals surface area (Å²) in [6, 6.07) is 13.8. The molecular weight excluding hydrogens is 464 g/mol. The van der Waals surface area contributed by atoms with Gasteiger partial charge in [0, 0.05) is 42.2 Å². The van der Waals surface area contributed by atoms with Crippen molar-refractivity contribution in [2.45, 2.75) is 32.9 Å². The van der Waals surface area contributed by atoms with Gasteiger partial charge < -0.3 is 16.0 Å². The van der Waals surface area contributed by atoms with Gasteiger partial charge in [-0.25, -0.2) is 9.97 Å². The number of nitrogen functional groups attached to an aromatic ring is 1. The third-order valence-corrected chi connectivity index (χ3v) is 6.85. The molecule has 1 saturated heterocycles. The van der Waals surface area contributed by atoms with Crippen LogP contribution in [0.15, 0.2) is 48.5 Å². The number of anilines is 1. The Morgan fingerprint density at radius 2 is 1.74 bits per heavy atom. The highest BCUT2D eigenvalue weighted by Crippen LogP contribution is 2.19. The molecule has 8 nitrogen and oxygen atoms in total. The molecule has 0 saturated carbocycles. The van der Waals surface area contributed by atoms with E-state index in [-0.39, 0.29) is 17.7 Å². The van der Waals surface area contributed by atoms with Crippen molar-refractivity contribution in [1.82, 2.24) is 25.1 Å². The van der Waals surface area contributed by atoms with E-state index >= 15 is 0 Å². The van der Waals surface area contributed by atoms with Crippen LogP contribution in [0.2, 0.25) is 5.02 Å². The van der Waals surface area contributed by atoms with Gasteiger partial charge in [-0.15, -0.1) is 0 Å². The fourth-order valence-corrected chi connectivity index (χ4v) is 4.38. The van der Waals surface area contributed by atoms with Crippen LogP contribution in [0, 0.1) is 5.92 Å². The van der Waals surface area contributed by atoms with Crippen molar-refractivity contribution in [3.05, 3.63) is 64.9 Å². The van der Waals surface area contributed by atoms with Crippen LogP contribution in [0.4, 0.5) is 5.82 Å². The van der Waals surface area contributed by atoms with Crippen molar-refractivity contribution < 1.29 is 9.59 Å². The maximum atomic E-state index is 13.4. The molecule has 3 aromatic rings. The van der Waals surface area contributed by atoms with E-state index in [0.717, 1.165) is 17.3 Å². The highest BCUT2D eigenvalue weighted by Gasteiger charge is 2.32. The quantitative estimate of drug-likeness (QED) is 0.522. The number of amides is 2. The predicted octanol–water partition coefficient (Wildman–Crippen LogP) is 3.35. The van der Waals surface area contributed by atoms with Gasteiger partial charge in [0.15, 0.2) is 0 Å². The SMILES string of the molecule is CC[C@@H](C)[C@@H](NC(=O)c1ccc(Cl)cc1)C(=O)N1CCN(Cc2nc(N)c3ccccc3n2)CC1. The number of nitrogens with two attached hydrogens (primary N) is 1. The van der Waals surface area contributed by atoms with Crippen LogP contribution in [0.3, 0.4) is 0 Å². The first kappa shape index (κ1) is 24.9. The summed E-state index contributed by atoms with van der Waals surface area (Å²) < 4.78 is 0. The number of carbonyl (C=O) groups excluding carboxylic acids is 2. The molecule has 0 unspecified atom stereocenters. The molecule has 1 fully saturated rings. The number of para-hydroxylation sites is 1. The summed E-state index contributed by atoms with van der Waals surface area (Å²) in [6.07, 6.45) is 0.776. The predicted molar refractivity (Wildman–Crippen MR) is 138 cm³/mol. The smallest absolute Gasteiger partial charge is 0.251 e. The van der Waals surface area contributed by atoms with Gasteiger partial charge in [0.05, 0.1) is 12.1 Å². The van der Waals surface area contributed by atoms with Crippen LogP contribution >= 0.6 is 11.6 Å². The Hall–Kier alpha value is -3.23. The highest BCUT2D eigenvalue weighted by atomic mass is 35.5. The van der Waals surface area contributed by atoms with E-state index in [1.54, 1.807) is 24.3 Å². The molecule has 0 bridgehead atoms. The zero-order valence-corrected chi connectivity index (χ0v) is 20.8. The number of fused-ring (bicyclic) bond motifs is 1. The molecule has 9 heteroatoms. The second-order valence-electron chi connectivity index (χ2n) is 8.99. The Morgan fingerprint density at radius 3 is 2.43 bits per heavy atom. The number of carbonyl (C=O) groups is 2. The number of benzene rings is 2. The van der Waals surface area contributed by atoms with Gasteiger partial charge in [0.1, 0.15) is 17.7 Å². The van der Waals surface area contributed by atoms with Crippen molar-refractivity contribution in [3.8, 4) is 0 Å². The molecule has 0 radical (unpaired) electrons. The van der Waals surface area contributed by atoms with Gasteiger partial charge in [-0.3, -0.25) is 14.5 Å². The van der Waals surface area contributed by atoms with Gasteiger partial charge in [-0.2, -0.15) is 0 Å². The zero-order chi connectivity index (χ0) is 24.9. The van der Waals surface area contributed by atoms with E-state index in [4.69, 9.17) is 17.3 Å². The Kier molecular flexibility index (Phi) is 7.83. The summed E-state index contributed by atoms with van der Waals surface area (Å²) in [5, 5.41) is 4.37. The first-order valence-corrected chi connectivity index (χ1v) is 12.3. The van der Waals surface area contributed by atoms with Crippen LogP contribution in [0.1, 0.15) is 36.5 Å². The largest absolute Gasteiger partial charge is 0.383 e. The molecule has 3 N–H and O–H groups in total. The molecular formula is C26H31ClN6O2. The van der Waals surface area contributed by atoms with Crippen molar-refractivity contribution in [3.63, 3.8) is 0 Å². The molecule has 2 atom stereocenters. The lowest BCUT2D eigenvalue weighted by Crippen LogP contribution is -2.56. The maximum absolute atomic E-state index is 13.4. The van der Waals surface area contributed by atoms with Crippen LogP contribution in [0.25, 0.3) is 10.9 Å². The molecule has 35 heavy (non-hydrogen) atoms. The molecule has 0 spiro atoms. The Balaban J connectivity index is 1.38. The minimum atomic E-state index is -0.585. The van der Waals surface area contributed by atoms with E-state index in [1.165, 1.54) is 0 Å². The summed E-state index contributed by atoms with van der Waals surface area (Å²) in [7, 11) is 0. The lowest BCUT2D eigenvalue weighted by atomic mass is 9.97. The third-order valence-electron chi connectivity index (χ3n) is 6.60. The van der Waals surface area contributed by atoms with Gasteiger partial charge >= 0.3 is 0 Å². The van der Waals surface area contributed by atoms with Crippen LogP contribution in [0.5, 0.6) is 0 Å². The molecule has 2 aromatic carbocycles. The van der Waals surface area contributed by atoms with E-state index < -0.39 is 6.04 Å². The van der Waals surface area contributed by atoms with E-state index in [0.29, 0.717) is 55.0 Å². The summed E-state index contributed by atoms with van der Waals surface area (Å²) in [5.41, 5.74) is 7.44. The number of nitrogens with zero attached hydrogens (tertiary/aromatic N) is 4. The molecule has 2 amide bonds. The number of hydrogen-bond donors (Lipinski definition) is 2. The summed E-state index contributed by atoms with van der Waals surface area (Å²) in [4.78, 5) is 39.4.